The molecule has 0 aromatic carbocycles. The van der Waals surface area contributed by atoms with Gasteiger partial charge in [0.15, 0.2) is 0 Å². The first-order valence-electron chi connectivity index (χ1n) is 15.4. The third-order valence-corrected chi connectivity index (χ3v) is 9.45. The number of carbonyl (C=O) groups is 4. The van der Waals surface area contributed by atoms with E-state index in [9.17, 15) is 28.0 Å². The highest BCUT2D eigenvalue weighted by Crippen LogP contribution is 2.43. The van der Waals surface area contributed by atoms with E-state index in [2.05, 4.69) is 16.0 Å². The number of amides is 3. The van der Waals surface area contributed by atoms with Crippen molar-refractivity contribution in [3.05, 3.63) is 43.8 Å². The molecular weight excluding hydrogens is 640 g/mol. The average molecular weight is 684 g/mol. The number of ether oxygens (including phenoxy) is 2. The van der Waals surface area contributed by atoms with Crippen molar-refractivity contribution in [3.8, 4) is 0 Å². The summed E-state index contributed by atoms with van der Waals surface area (Å²) in [6, 6.07) is 3.38. The summed E-state index contributed by atoms with van der Waals surface area (Å²) < 4.78 is 36.8. The SMILES string of the molecule is CC(C)(C)OC(=O)N[C@@H]1C[C@H]1c1csc(C(=O)NC2CCC(F)(F)CC2)c1.CC(C)(C)OC(=O)N[C@@H]1C[C@H]1c1csc(C(=O)O)c1. The highest BCUT2D eigenvalue weighted by molar-refractivity contribution is 7.12. The van der Waals surface area contributed by atoms with Crippen molar-refractivity contribution in [2.45, 2.75) is 127 Å². The molecule has 2 aromatic heterocycles. The lowest BCUT2D eigenvalue weighted by molar-refractivity contribution is -0.0399. The lowest BCUT2D eigenvalue weighted by Crippen LogP contribution is -2.40. The van der Waals surface area contributed by atoms with E-state index in [1.165, 1.54) is 22.7 Å². The van der Waals surface area contributed by atoms with Crippen LogP contribution in [0.5, 0.6) is 0 Å². The number of hydrogen-bond acceptors (Lipinski definition) is 8. The van der Waals surface area contributed by atoms with Gasteiger partial charge in [-0.25, -0.2) is 23.2 Å². The largest absolute Gasteiger partial charge is 0.477 e. The minimum atomic E-state index is -2.60. The Labute approximate surface area is 275 Å². The number of carboxylic acid groups (broad SMARTS) is 1. The number of halogens is 2. The number of nitrogens with one attached hydrogen (secondary N) is 3. The molecule has 2 aromatic rings. The molecule has 3 aliphatic rings. The molecule has 3 aliphatic carbocycles. The van der Waals surface area contributed by atoms with Crippen LogP contribution in [-0.2, 0) is 9.47 Å². The Morgan fingerprint density at radius 2 is 1.22 bits per heavy atom. The zero-order valence-corrected chi connectivity index (χ0v) is 28.5. The minimum Gasteiger partial charge on any atom is -0.477 e. The fourth-order valence-electron chi connectivity index (χ4n) is 5.13. The molecular formula is C32H43F2N3O7S2. The van der Waals surface area contributed by atoms with Gasteiger partial charge in [0.1, 0.15) is 16.1 Å². The molecule has 0 saturated heterocycles. The van der Waals surface area contributed by atoms with Gasteiger partial charge < -0.3 is 30.5 Å². The van der Waals surface area contributed by atoms with E-state index in [0.717, 1.165) is 24.0 Å². The lowest BCUT2D eigenvalue weighted by Gasteiger charge is -2.28. The number of thiophene rings is 2. The van der Waals surface area contributed by atoms with Crippen molar-refractivity contribution in [1.82, 2.24) is 16.0 Å². The van der Waals surface area contributed by atoms with Crippen LogP contribution in [0.1, 0.15) is 122 Å². The normalized spacial score (nSPS) is 23.7. The molecule has 3 fully saturated rings. The zero-order chi connectivity index (χ0) is 34.0. The van der Waals surface area contributed by atoms with E-state index >= 15 is 0 Å². The molecule has 0 aliphatic heterocycles. The topological polar surface area (TPSA) is 143 Å². The maximum atomic E-state index is 13.2. The van der Waals surface area contributed by atoms with E-state index in [-0.39, 0.29) is 48.7 Å². The van der Waals surface area contributed by atoms with E-state index in [1.54, 1.807) is 6.07 Å². The molecule has 0 radical (unpaired) electrons. The van der Waals surface area contributed by atoms with Gasteiger partial charge in [-0.3, -0.25) is 4.79 Å². The Kier molecular flexibility index (Phi) is 10.7. The molecule has 0 unspecified atom stereocenters. The smallest absolute Gasteiger partial charge is 0.407 e. The summed E-state index contributed by atoms with van der Waals surface area (Å²) >= 11 is 2.55. The van der Waals surface area contributed by atoms with Gasteiger partial charge in [0.25, 0.3) is 5.91 Å². The van der Waals surface area contributed by atoms with Crippen LogP contribution in [0, 0.1) is 0 Å². The van der Waals surface area contributed by atoms with E-state index < -0.39 is 35.3 Å². The van der Waals surface area contributed by atoms with Crippen molar-refractivity contribution in [2.24, 2.45) is 0 Å². The van der Waals surface area contributed by atoms with Gasteiger partial charge in [-0.15, -0.1) is 22.7 Å². The molecule has 3 amide bonds. The Hall–Kier alpha value is -3.26. The summed E-state index contributed by atoms with van der Waals surface area (Å²) in [5.41, 5.74) is 0.947. The first kappa shape index (κ1) is 35.6. The summed E-state index contributed by atoms with van der Waals surface area (Å²) in [6.07, 6.45) is 1.06. The van der Waals surface area contributed by atoms with Gasteiger partial charge >= 0.3 is 18.2 Å². The van der Waals surface area contributed by atoms with Crippen LogP contribution in [0.15, 0.2) is 22.9 Å². The Morgan fingerprint density at radius 3 is 1.63 bits per heavy atom. The van der Waals surface area contributed by atoms with Gasteiger partial charge in [0.05, 0.1) is 4.88 Å². The maximum Gasteiger partial charge on any atom is 0.407 e. The zero-order valence-electron chi connectivity index (χ0n) is 26.9. The van der Waals surface area contributed by atoms with Crippen LogP contribution >= 0.6 is 22.7 Å². The summed E-state index contributed by atoms with van der Waals surface area (Å²) in [5, 5.41) is 21.1. The maximum absolute atomic E-state index is 13.2. The first-order valence-corrected chi connectivity index (χ1v) is 17.1. The van der Waals surface area contributed by atoms with Crippen molar-refractivity contribution in [3.63, 3.8) is 0 Å². The third-order valence-electron chi connectivity index (χ3n) is 7.57. The van der Waals surface area contributed by atoms with Gasteiger partial charge in [-0.1, -0.05) is 0 Å². The second-order valence-electron chi connectivity index (χ2n) is 14.1. The van der Waals surface area contributed by atoms with E-state index in [4.69, 9.17) is 14.6 Å². The van der Waals surface area contributed by atoms with Crippen molar-refractivity contribution < 1.29 is 42.5 Å². The number of aromatic carboxylic acids is 1. The van der Waals surface area contributed by atoms with Crippen LogP contribution in [0.25, 0.3) is 0 Å². The number of carboxylic acids is 1. The molecule has 46 heavy (non-hydrogen) atoms. The highest BCUT2D eigenvalue weighted by Gasteiger charge is 2.42. The Balaban J connectivity index is 0.000000222. The van der Waals surface area contributed by atoms with Crippen molar-refractivity contribution >= 4 is 46.7 Å². The minimum absolute atomic E-state index is 0.0194. The lowest BCUT2D eigenvalue weighted by atomic mass is 9.92. The molecule has 0 bridgehead atoms. The van der Waals surface area contributed by atoms with Gasteiger partial charge in [0.2, 0.25) is 5.92 Å². The average Bonchev–Trinajstić information content (AvgIpc) is 3.70. The molecule has 254 valence electrons. The van der Waals surface area contributed by atoms with E-state index in [1.807, 2.05) is 58.4 Å². The summed E-state index contributed by atoms with van der Waals surface area (Å²) in [5.74, 6) is -3.33. The summed E-state index contributed by atoms with van der Waals surface area (Å²) in [6.45, 7) is 10.9. The van der Waals surface area contributed by atoms with Crippen LogP contribution in [-0.4, -0.2) is 64.4 Å². The van der Waals surface area contributed by atoms with Gasteiger partial charge in [0, 0.05) is 42.8 Å². The molecule has 0 spiro atoms. The number of carbonyl (C=O) groups excluding carboxylic acids is 3. The molecule has 2 heterocycles. The number of hydrogen-bond donors (Lipinski definition) is 4. The van der Waals surface area contributed by atoms with Gasteiger partial charge in [-0.05, 0) is 101 Å². The van der Waals surface area contributed by atoms with Crippen LogP contribution in [0.3, 0.4) is 0 Å². The van der Waals surface area contributed by atoms with Crippen LogP contribution in [0.4, 0.5) is 18.4 Å². The van der Waals surface area contributed by atoms with Crippen LogP contribution in [0.2, 0.25) is 0 Å². The number of alkyl carbamates (subject to hydrolysis) is 2. The van der Waals surface area contributed by atoms with Crippen molar-refractivity contribution in [2.75, 3.05) is 0 Å². The monoisotopic (exact) mass is 683 g/mol. The summed E-state index contributed by atoms with van der Waals surface area (Å²) in [7, 11) is 0. The highest BCUT2D eigenvalue weighted by atomic mass is 32.1. The summed E-state index contributed by atoms with van der Waals surface area (Å²) in [4.78, 5) is 47.5. The molecule has 5 rings (SSSR count). The second kappa shape index (κ2) is 13.8. The third kappa shape index (κ3) is 10.9. The first-order chi connectivity index (χ1) is 21.3. The number of rotatable bonds is 7. The number of alkyl halides is 2. The Morgan fingerprint density at radius 1 is 0.783 bits per heavy atom. The standard InChI is InChI=1S/C19H26F2N2O3S.C13H17NO4S/c1-18(2,3)26-17(25)23-14-9-13(14)11-8-15(27-10-11)16(24)22-12-4-6-19(20,21)7-5-12;1-13(2,3)18-12(17)14-9-5-8(9)7-4-10(11(15)16)19-6-7/h8,10,12-14H,4-7,9H2,1-3H3,(H,22,24)(H,23,25);4,6,8-9H,5H2,1-3H3,(H,14,17)(H,15,16)/t13-,14+;8-,9+/m00/s1. The van der Waals surface area contributed by atoms with E-state index in [0.29, 0.717) is 22.6 Å². The molecule has 3 saturated carbocycles. The molecule has 4 N–H and O–H groups in total. The molecule has 14 heteroatoms. The van der Waals surface area contributed by atoms with Crippen LogP contribution < -0.4 is 16.0 Å². The quantitative estimate of drug-likeness (QED) is 0.241. The van der Waals surface area contributed by atoms with Crippen molar-refractivity contribution in [1.29, 1.82) is 0 Å². The fraction of sp³-hybridized carbons (Fsp3) is 0.625. The second-order valence-corrected chi connectivity index (χ2v) is 15.9. The molecule has 10 nitrogen and oxygen atoms in total. The molecule has 4 atom stereocenters. The fourth-order valence-corrected chi connectivity index (χ4v) is 6.81. The predicted molar refractivity (Wildman–Crippen MR) is 171 cm³/mol. The predicted octanol–water partition coefficient (Wildman–Crippen LogP) is 7.26. The Bertz CT molecular complexity index is 1420. The van der Waals surface area contributed by atoms with Gasteiger partial charge in [-0.2, -0.15) is 0 Å².